The summed E-state index contributed by atoms with van der Waals surface area (Å²) in [6, 6.07) is 3.58. The second-order valence-electron chi connectivity index (χ2n) is 4.88. The first kappa shape index (κ1) is 16.2. The van der Waals surface area contributed by atoms with E-state index >= 15 is 0 Å². The van der Waals surface area contributed by atoms with Crippen LogP contribution in [0.25, 0.3) is 0 Å². The SMILES string of the molecule is CC[NH+]1CCN(S(=O)(=O)c2ccc(Cl)c([N+](=O)[O-])c2)CC1. The standard InChI is InChI=1S/C12H16ClN3O4S/c1-2-14-5-7-15(8-6-14)21(19,20)10-3-4-11(13)12(9-10)16(17)18/h3-4,9H,2,5-8H2,1H3/p+1. The summed E-state index contributed by atoms with van der Waals surface area (Å²) in [5, 5.41) is 10.8. The quantitative estimate of drug-likeness (QED) is 0.628. The van der Waals surface area contributed by atoms with Gasteiger partial charge in [0.1, 0.15) is 5.02 Å². The maximum absolute atomic E-state index is 12.5. The summed E-state index contributed by atoms with van der Waals surface area (Å²) >= 11 is 5.71. The Morgan fingerprint density at radius 1 is 1.38 bits per heavy atom. The molecular weight excluding hydrogens is 318 g/mol. The second-order valence-corrected chi connectivity index (χ2v) is 7.22. The van der Waals surface area contributed by atoms with Gasteiger partial charge in [0.05, 0.1) is 42.5 Å². The van der Waals surface area contributed by atoms with Gasteiger partial charge in [-0.3, -0.25) is 10.1 Å². The molecule has 116 valence electrons. The molecular formula is C12H17ClN3O4S+. The Morgan fingerprint density at radius 3 is 2.52 bits per heavy atom. The number of sulfonamides is 1. The lowest BCUT2D eigenvalue weighted by Crippen LogP contribution is -3.14. The molecule has 1 aromatic rings. The molecule has 1 fully saturated rings. The van der Waals surface area contributed by atoms with Crippen molar-refractivity contribution in [3.8, 4) is 0 Å². The molecule has 0 amide bonds. The van der Waals surface area contributed by atoms with E-state index < -0.39 is 20.6 Å². The first-order chi connectivity index (χ1) is 9.86. The van der Waals surface area contributed by atoms with E-state index in [1.807, 2.05) is 0 Å². The fourth-order valence-corrected chi connectivity index (χ4v) is 3.99. The average molecular weight is 335 g/mol. The van der Waals surface area contributed by atoms with Gasteiger partial charge in [0, 0.05) is 6.07 Å². The number of halogens is 1. The second kappa shape index (κ2) is 6.27. The van der Waals surface area contributed by atoms with E-state index in [2.05, 4.69) is 6.92 Å². The highest BCUT2D eigenvalue weighted by Crippen LogP contribution is 2.28. The van der Waals surface area contributed by atoms with Gasteiger partial charge in [-0.2, -0.15) is 4.31 Å². The van der Waals surface area contributed by atoms with Crippen molar-refractivity contribution < 1.29 is 18.2 Å². The predicted octanol–water partition coefficient (Wildman–Crippen LogP) is 0.157. The van der Waals surface area contributed by atoms with E-state index in [1.54, 1.807) is 0 Å². The highest BCUT2D eigenvalue weighted by atomic mass is 35.5. The van der Waals surface area contributed by atoms with Crippen molar-refractivity contribution >= 4 is 27.3 Å². The molecule has 7 nitrogen and oxygen atoms in total. The largest absolute Gasteiger partial charge is 0.333 e. The molecule has 0 spiro atoms. The summed E-state index contributed by atoms with van der Waals surface area (Å²) in [4.78, 5) is 11.5. The Kier molecular flexibility index (Phi) is 4.82. The van der Waals surface area contributed by atoms with E-state index in [1.165, 1.54) is 21.3 Å². The molecule has 1 aliphatic rings. The number of likely N-dealkylation sites (N-methyl/N-ethyl adjacent to an activating group) is 1. The van der Waals surface area contributed by atoms with Crippen molar-refractivity contribution in [3.05, 3.63) is 33.3 Å². The van der Waals surface area contributed by atoms with Crippen LogP contribution < -0.4 is 4.90 Å². The summed E-state index contributed by atoms with van der Waals surface area (Å²) in [6.45, 7) is 5.34. The van der Waals surface area contributed by atoms with Crippen molar-refractivity contribution in [3.63, 3.8) is 0 Å². The van der Waals surface area contributed by atoms with Crippen molar-refractivity contribution in [1.82, 2.24) is 4.31 Å². The molecule has 0 unspecified atom stereocenters. The maximum atomic E-state index is 12.5. The summed E-state index contributed by atoms with van der Waals surface area (Å²) in [5.41, 5.74) is -0.393. The molecule has 0 aromatic heterocycles. The molecule has 9 heteroatoms. The smallest absolute Gasteiger partial charge is 0.289 e. The van der Waals surface area contributed by atoms with E-state index in [0.29, 0.717) is 13.1 Å². The van der Waals surface area contributed by atoms with Crippen LogP contribution in [-0.2, 0) is 10.0 Å². The third-order valence-corrected chi connectivity index (χ3v) is 5.90. The lowest BCUT2D eigenvalue weighted by molar-refractivity contribution is -0.901. The van der Waals surface area contributed by atoms with Crippen molar-refractivity contribution in [2.45, 2.75) is 11.8 Å². The van der Waals surface area contributed by atoms with Crippen LogP contribution in [0.1, 0.15) is 6.92 Å². The van der Waals surface area contributed by atoms with Gasteiger partial charge in [-0.15, -0.1) is 0 Å². The number of nitro groups is 1. The van der Waals surface area contributed by atoms with Gasteiger partial charge in [-0.25, -0.2) is 8.42 Å². The first-order valence-corrected chi connectivity index (χ1v) is 8.45. The van der Waals surface area contributed by atoms with Crippen molar-refractivity contribution in [1.29, 1.82) is 0 Å². The Hall–Kier alpha value is -1.22. The van der Waals surface area contributed by atoms with Gasteiger partial charge in [0.2, 0.25) is 10.0 Å². The van der Waals surface area contributed by atoms with Gasteiger partial charge in [-0.05, 0) is 19.1 Å². The summed E-state index contributed by atoms with van der Waals surface area (Å²) in [7, 11) is -3.71. The van der Waals surface area contributed by atoms with E-state index in [0.717, 1.165) is 25.7 Å². The molecule has 2 rings (SSSR count). The molecule has 21 heavy (non-hydrogen) atoms. The van der Waals surface area contributed by atoms with Crippen LogP contribution in [0.5, 0.6) is 0 Å². The summed E-state index contributed by atoms with van der Waals surface area (Å²) in [6.07, 6.45) is 0. The molecule has 1 saturated heterocycles. The summed E-state index contributed by atoms with van der Waals surface area (Å²) < 4.78 is 26.4. The highest BCUT2D eigenvalue weighted by molar-refractivity contribution is 7.89. The van der Waals surface area contributed by atoms with Crippen molar-refractivity contribution in [2.75, 3.05) is 32.7 Å². The lowest BCUT2D eigenvalue weighted by atomic mass is 10.3. The van der Waals surface area contributed by atoms with Crippen LogP contribution in [0, 0.1) is 10.1 Å². The zero-order chi connectivity index (χ0) is 15.6. The Morgan fingerprint density at radius 2 is 2.00 bits per heavy atom. The lowest BCUT2D eigenvalue weighted by Gasteiger charge is -2.30. The normalized spacial score (nSPS) is 17.8. The zero-order valence-corrected chi connectivity index (χ0v) is 13.2. The van der Waals surface area contributed by atoms with E-state index in [9.17, 15) is 18.5 Å². The Labute approximate surface area is 128 Å². The molecule has 0 saturated carbocycles. The number of quaternary nitrogens is 1. The van der Waals surface area contributed by atoms with Gasteiger partial charge >= 0.3 is 0 Å². The van der Waals surface area contributed by atoms with Crippen LogP contribution in [0.3, 0.4) is 0 Å². The molecule has 1 heterocycles. The minimum atomic E-state index is -3.71. The van der Waals surface area contributed by atoms with Gasteiger partial charge in [0.25, 0.3) is 5.69 Å². The van der Waals surface area contributed by atoms with Crippen LogP contribution in [0.2, 0.25) is 5.02 Å². The number of benzene rings is 1. The van der Waals surface area contributed by atoms with Gasteiger partial charge in [-0.1, -0.05) is 11.6 Å². The maximum Gasteiger partial charge on any atom is 0.289 e. The predicted molar refractivity (Wildman–Crippen MR) is 78.1 cm³/mol. The highest BCUT2D eigenvalue weighted by Gasteiger charge is 2.31. The number of nitrogens with zero attached hydrogens (tertiary/aromatic N) is 2. The third-order valence-electron chi connectivity index (χ3n) is 3.68. The number of hydrogen-bond acceptors (Lipinski definition) is 4. The average Bonchev–Trinajstić information content (AvgIpc) is 2.47. The topological polar surface area (TPSA) is 85.0 Å². The molecule has 1 N–H and O–H groups in total. The number of hydrogen-bond donors (Lipinski definition) is 1. The van der Waals surface area contributed by atoms with E-state index in [4.69, 9.17) is 11.6 Å². The fourth-order valence-electron chi connectivity index (χ4n) is 2.34. The van der Waals surface area contributed by atoms with Crippen LogP contribution in [0.15, 0.2) is 23.1 Å². The molecule has 0 atom stereocenters. The monoisotopic (exact) mass is 334 g/mol. The van der Waals surface area contributed by atoms with Crippen LogP contribution >= 0.6 is 11.6 Å². The minimum absolute atomic E-state index is 0.0702. The minimum Gasteiger partial charge on any atom is -0.333 e. The number of nitro benzene ring substituents is 1. The number of nitrogens with one attached hydrogen (secondary N) is 1. The van der Waals surface area contributed by atoms with Crippen LogP contribution in [-0.4, -0.2) is 50.4 Å². The van der Waals surface area contributed by atoms with Gasteiger partial charge < -0.3 is 4.90 Å². The summed E-state index contributed by atoms with van der Waals surface area (Å²) in [5.74, 6) is 0. The molecule has 0 radical (unpaired) electrons. The Bertz CT molecular complexity index is 642. The molecule has 0 aliphatic carbocycles. The molecule has 0 bridgehead atoms. The first-order valence-electron chi connectivity index (χ1n) is 6.64. The van der Waals surface area contributed by atoms with Crippen molar-refractivity contribution in [2.24, 2.45) is 0 Å². The third kappa shape index (κ3) is 3.34. The molecule has 1 aliphatic heterocycles. The van der Waals surface area contributed by atoms with Crippen LogP contribution in [0.4, 0.5) is 5.69 Å². The van der Waals surface area contributed by atoms with E-state index in [-0.39, 0.29) is 9.92 Å². The number of piperazine rings is 1. The molecule has 1 aromatic carbocycles. The zero-order valence-electron chi connectivity index (χ0n) is 11.6. The van der Waals surface area contributed by atoms with Gasteiger partial charge in [0.15, 0.2) is 0 Å². The Balaban J connectivity index is 2.28. The number of rotatable bonds is 4. The fraction of sp³-hybridized carbons (Fsp3) is 0.500.